The second kappa shape index (κ2) is 9.24. The summed E-state index contributed by atoms with van der Waals surface area (Å²) >= 11 is 0. The van der Waals surface area contributed by atoms with Crippen molar-refractivity contribution in [1.82, 2.24) is 9.80 Å². The van der Waals surface area contributed by atoms with Crippen molar-refractivity contribution in [2.45, 2.75) is 31.4 Å². The van der Waals surface area contributed by atoms with Crippen LogP contribution in [-0.2, 0) is 26.0 Å². The number of likely N-dealkylation sites (tertiary alicyclic amines) is 1. The van der Waals surface area contributed by atoms with Crippen molar-refractivity contribution in [1.29, 1.82) is 0 Å². The number of hydrogen-bond donors (Lipinski definition) is 1. The van der Waals surface area contributed by atoms with E-state index in [1.807, 2.05) is 4.90 Å². The molecule has 2 saturated heterocycles. The lowest BCUT2D eigenvalue weighted by Gasteiger charge is -2.38. The number of anilines is 1. The molecule has 2 aliphatic rings. The third kappa shape index (κ3) is 4.56. The Labute approximate surface area is 200 Å². The average Bonchev–Trinajstić information content (AvgIpc) is 3.08. The van der Waals surface area contributed by atoms with Gasteiger partial charge in [-0.3, -0.25) is 19.3 Å². The number of nitrogens with zero attached hydrogens (tertiary/aromatic N) is 3. The maximum Gasteiger partial charge on any atom is 0.416 e. The highest BCUT2D eigenvalue weighted by Crippen LogP contribution is 2.42. The Morgan fingerprint density at radius 1 is 1.03 bits per heavy atom. The van der Waals surface area contributed by atoms with E-state index in [1.165, 1.54) is 12.1 Å². The fourth-order valence-corrected chi connectivity index (χ4v) is 4.88. The van der Waals surface area contributed by atoms with E-state index in [1.54, 1.807) is 36.1 Å². The summed E-state index contributed by atoms with van der Waals surface area (Å²) < 4.78 is 40.2. The van der Waals surface area contributed by atoms with Gasteiger partial charge in [0.1, 0.15) is 5.75 Å². The van der Waals surface area contributed by atoms with Gasteiger partial charge in [-0.05, 0) is 30.7 Å². The number of likely N-dealkylation sites (N-methyl/N-ethyl adjacent to an activating group) is 1. The summed E-state index contributed by atoms with van der Waals surface area (Å²) in [5.41, 5.74) is -1.95. The van der Waals surface area contributed by atoms with Gasteiger partial charge in [0.05, 0.1) is 16.7 Å². The first-order valence-corrected chi connectivity index (χ1v) is 11.4. The zero-order chi connectivity index (χ0) is 25.4. The smallest absolute Gasteiger partial charge is 0.416 e. The number of benzene rings is 2. The van der Waals surface area contributed by atoms with E-state index in [2.05, 4.69) is 0 Å². The van der Waals surface area contributed by atoms with E-state index in [0.717, 1.165) is 17.0 Å². The van der Waals surface area contributed by atoms with E-state index in [-0.39, 0.29) is 24.3 Å². The second-order valence-corrected chi connectivity index (χ2v) is 8.81. The predicted molar refractivity (Wildman–Crippen MR) is 122 cm³/mol. The van der Waals surface area contributed by atoms with E-state index in [4.69, 9.17) is 0 Å². The van der Waals surface area contributed by atoms with Crippen LogP contribution in [0.25, 0.3) is 0 Å². The molecule has 7 nitrogen and oxygen atoms in total. The van der Waals surface area contributed by atoms with Gasteiger partial charge in [0.2, 0.25) is 17.7 Å². The molecule has 1 N–H and O–H groups in total. The zero-order valence-electron chi connectivity index (χ0n) is 19.2. The molecule has 0 unspecified atom stereocenters. The molecule has 0 bridgehead atoms. The van der Waals surface area contributed by atoms with Crippen LogP contribution in [-0.4, -0.2) is 65.4 Å². The number of aromatic hydroxyl groups is 1. The molecule has 2 fully saturated rings. The number of carbonyl (C=O) groups is 3. The lowest BCUT2D eigenvalue weighted by atomic mass is 9.75. The van der Waals surface area contributed by atoms with Gasteiger partial charge in [0.15, 0.2) is 0 Å². The van der Waals surface area contributed by atoms with E-state index in [9.17, 15) is 32.7 Å². The molecule has 0 aromatic heterocycles. The van der Waals surface area contributed by atoms with Crippen LogP contribution in [0.2, 0.25) is 0 Å². The average molecular weight is 489 g/mol. The topological polar surface area (TPSA) is 81.2 Å². The van der Waals surface area contributed by atoms with Crippen LogP contribution >= 0.6 is 0 Å². The van der Waals surface area contributed by atoms with E-state index < -0.39 is 41.3 Å². The predicted octanol–water partition coefficient (Wildman–Crippen LogP) is 3.17. The maximum absolute atomic E-state index is 13.4. The first-order valence-electron chi connectivity index (χ1n) is 11.4. The maximum atomic E-state index is 13.4. The number of rotatable bonds is 5. The Kier molecular flexibility index (Phi) is 6.48. The molecule has 35 heavy (non-hydrogen) atoms. The highest BCUT2D eigenvalue weighted by molar-refractivity contribution is 6.10. The molecule has 1 atom stereocenters. The summed E-state index contributed by atoms with van der Waals surface area (Å²) in [6, 6.07) is 11.2. The molecule has 3 amide bonds. The highest BCUT2D eigenvalue weighted by atomic mass is 19.4. The normalized spacial score (nSPS) is 21.1. The molecular weight excluding hydrogens is 463 g/mol. The van der Waals surface area contributed by atoms with Crippen LogP contribution in [0.15, 0.2) is 48.5 Å². The number of para-hydroxylation sites is 2. The van der Waals surface area contributed by atoms with Crippen molar-refractivity contribution < 1.29 is 32.7 Å². The summed E-state index contributed by atoms with van der Waals surface area (Å²) in [7, 11) is 0. The fourth-order valence-electron chi connectivity index (χ4n) is 4.88. The first-order chi connectivity index (χ1) is 16.6. The SMILES string of the molecule is CCN1C(=O)C[C@](CC(=O)N2CCN(c3ccccc3O)CC2)(c2cccc(C(F)(F)F)c2)C1=O. The molecule has 0 aliphatic carbocycles. The largest absolute Gasteiger partial charge is 0.506 e. The van der Waals surface area contributed by atoms with Crippen LogP contribution in [0.4, 0.5) is 18.9 Å². The van der Waals surface area contributed by atoms with E-state index in [0.29, 0.717) is 31.9 Å². The minimum Gasteiger partial charge on any atom is -0.506 e. The Morgan fingerprint density at radius 2 is 1.71 bits per heavy atom. The Bertz CT molecular complexity index is 1140. The van der Waals surface area contributed by atoms with Crippen LogP contribution in [0.5, 0.6) is 5.75 Å². The van der Waals surface area contributed by atoms with Gasteiger partial charge in [-0.1, -0.05) is 30.3 Å². The van der Waals surface area contributed by atoms with Crippen LogP contribution < -0.4 is 4.90 Å². The standard InChI is InChI=1S/C25H26F3N3O4/c1-2-31-22(34)16-24(23(31)35,17-6-5-7-18(14-17)25(26,27)28)15-21(33)30-12-10-29(11-13-30)19-8-3-4-9-20(19)32/h3-9,14,32H,2,10-13,15-16H2,1H3/t24-/m1/s1. The minimum atomic E-state index is -4.63. The first kappa shape index (κ1) is 24.6. The van der Waals surface area contributed by atoms with Crippen LogP contribution in [0.1, 0.15) is 30.9 Å². The Hall–Kier alpha value is -3.56. The molecule has 0 spiro atoms. The van der Waals surface area contributed by atoms with Gasteiger partial charge in [-0.2, -0.15) is 13.2 Å². The summed E-state index contributed by atoms with van der Waals surface area (Å²) in [5.74, 6) is -1.43. The van der Waals surface area contributed by atoms with Gasteiger partial charge in [-0.15, -0.1) is 0 Å². The van der Waals surface area contributed by atoms with Crippen molar-refractivity contribution in [3.8, 4) is 5.75 Å². The number of carbonyl (C=O) groups excluding carboxylic acids is 3. The summed E-state index contributed by atoms with van der Waals surface area (Å²) in [6.07, 6.45) is -5.38. The van der Waals surface area contributed by atoms with Gasteiger partial charge >= 0.3 is 6.18 Å². The van der Waals surface area contributed by atoms with E-state index >= 15 is 0 Å². The second-order valence-electron chi connectivity index (χ2n) is 8.81. The number of halogens is 3. The quantitative estimate of drug-likeness (QED) is 0.653. The number of imide groups is 1. The summed E-state index contributed by atoms with van der Waals surface area (Å²) in [5, 5.41) is 10.1. The number of phenols is 1. The van der Waals surface area contributed by atoms with Crippen molar-refractivity contribution in [2.75, 3.05) is 37.6 Å². The van der Waals surface area contributed by atoms with Crippen molar-refractivity contribution in [3.63, 3.8) is 0 Å². The number of piperazine rings is 1. The van der Waals surface area contributed by atoms with Gasteiger partial charge < -0.3 is 14.9 Å². The van der Waals surface area contributed by atoms with Crippen molar-refractivity contribution in [3.05, 3.63) is 59.7 Å². The Balaban J connectivity index is 1.58. The molecule has 186 valence electrons. The molecule has 10 heteroatoms. The number of phenolic OH excluding ortho intramolecular Hbond substituents is 1. The molecule has 0 radical (unpaired) electrons. The zero-order valence-corrected chi connectivity index (χ0v) is 19.2. The fraction of sp³-hybridized carbons (Fsp3) is 0.400. The molecule has 0 saturated carbocycles. The third-order valence-electron chi connectivity index (χ3n) is 6.78. The van der Waals surface area contributed by atoms with Gasteiger partial charge in [0.25, 0.3) is 0 Å². The van der Waals surface area contributed by atoms with Crippen molar-refractivity contribution >= 4 is 23.4 Å². The Morgan fingerprint density at radius 3 is 2.31 bits per heavy atom. The molecule has 2 aromatic carbocycles. The highest BCUT2D eigenvalue weighted by Gasteiger charge is 2.54. The number of hydrogen-bond acceptors (Lipinski definition) is 5. The van der Waals surface area contributed by atoms with Crippen molar-refractivity contribution in [2.24, 2.45) is 0 Å². The molecule has 4 rings (SSSR count). The molecule has 2 heterocycles. The molecule has 2 aromatic rings. The molecular formula is C25H26F3N3O4. The number of amides is 3. The van der Waals surface area contributed by atoms with Crippen LogP contribution in [0.3, 0.4) is 0 Å². The third-order valence-corrected chi connectivity index (χ3v) is 6.78. The minimum absolute atomic E-state index is 0.0165. The van der Waals surface area contributed by atoms with Gasteiger partial charge in [0, 0.05) is 45.6 Å². The number of alkyl halides is 3. The summed E-state index contributed by atoms with van der Waals surface area (Å²) in [6.45, 7) is 3.18. The lowest BCUT2D eigenvalue weighted by Crippen LogP contribution is -2.51. The van der Waals surface area contributed by atoms with Gasteiger partial charge in [-0.25, -0.2) is 0 Å². The monoisotopic (exact) mass is 489 g/mol. The lowest BCUT2D eigenvalue weighted by molar-refractivity contribution is -0.143. The van der Waals surface area contributed by atoms with Crippen LogP contribution in [0, 0.1) is 0 Å². The molecule has 2 aliphatic heterocycles. The summed E-state index contributed by atoms with van der Waals surface area (Å²) in [4.78, 5) is 43.8.